The lowest BCUT2D eigenvalue weighted by Gasteiger charge is -2.09. The number of nitrogens with zero attached hydrogens (tertiary/aromatic N) is 2. The number of halogens is 1. The molecule has 0 amide bonds. The lowest BCUT2D eigenvalue weighted by atomic mass is 10.2. The fourth-order valence-corrected chi connectivity index (χ4v) is 1.36. The summed E-state index contributed by atoms with van der Waals surface area (Å²) in [5.74, 6) is 0.892. The van der Waals surface area contributed by atoms with Crippen LogP contribution in [0.15, 0.2) is 12.4 Å². The Kier molecular flexibility index (Phi) is 4.87. The van der Waals surface area contributed by atoms with E-state index in [1.807, 2.05) is 6.92 Å². The number of anilines is 1. The normalized spacial score (nSPS) is 12.5. The standard InChI is InChI=1S/C10H16BrN3/c1-3-9(11)4-5-13-10-8(2)12-6-7-14-10/h6-7,9H,3-5H2,1-2H3,(H,13,14). The summed E-state index contributed by atoms with van der Waals surface area (Å²) in [7, 11) is 0. The summed E-state index contributed by atoms with van der Waals surface area (Å²) in [5, 5.41) is 3.27. The van der Waals surface area contributed by atoms with Crippen molar-refractivity contribution >= 4 is 21.7 Å². The van der Waals surface area contributed by atoms with Crippen molar-refractivity contribution in [3.05, 3.63) is 18.1 Å². The van der Waals surface area contributed by atoms with Gasteiger partial charge in [-0.15, -0.1) is 0 Å². The van der Waals surface area contributed by atoms with Crippen molar-refractivity contribution < 1.29 is 0 Å². The Morgan fingerprint density at radius 3 is 2.79 bits per heavy atom. The Balaban J connectivity index is 2.35. The minimum absolute atomic E-state index is 0.590. The van der Waals surface area contributed by atoms with Gasteiger partial charge in [0.1, 0.15) is 5.82 Å². The zero-order chi connectivity index (χ0) is 10.4. The van der Waals surface area contributed by atoms with E-state index in [0.29, 0.717) is 4.83 Å². The Morgan fingerprint density at radius 2 is 2.14 bits per heavy atom. The van der Waals surface area contributed by atoms with E-state index >= 15 is 0 Å². The van der Waals surface area contributed by atoms with Crippen molar-refractivity contribution in [2.24, 2.45) is 0 Å². The van der Waals surface area contributed by atoms with Crippen LogP contribution >= 0.6 is 15.9 Å². The second-order valence-electron chi connectivity index (χ2n) is 3.21. The Bertz CT molecular complexity index is 278. The molecule has 1 unspecified atom stereocenters. The van der Waals surface area contributed by atoms with Crippen LogP contribution in [0.25, 0.3) is 0 Å². The summed E-state index contributed by atoms with van der Waals surface area (Å²) < 4.78 is 0. The van der Waals surface area contributed by atoms with Crippen molar-refractivity contribution in [3.8, 4) is 0 Å². The molecule has 0 fully saturated rings. The molecule has 1 atom stereocenters. The Morgan fingerprint density at radius 1 is 1.43 bits per heavy atom. The van der Waals surface area contributed by atoms with Gasteiger partial charge >= 0.3 is 0 Å². The van der Waals surface area contributed by atoms with Crippen LogP contribution in [-0.4, -0.2) is 21.3 Å². The van der Waals surface area contributed by atoms with Gasteiger partial charge in [0.15, 0.2) is 0 Å². The van der Waals surface area contributed by atoms with E-state index in [1.165, 1.54) is 0 Å². The molecule has 1 aromatic rings. The first-order chi connectivity index (χ1) is 6.74. The molecule has 14 heavy (non-hydrogen) atoms. The van der Waals surface area contributed by atoms with Gasteiger partial charge in [-0.25, -0.2) is 4.98 Å². The number of hydrogen-bond donors (Lipinski definition) is 1. The van der Waals surface area contributed by atoms with Crippen LogP contribution < -0.4 is 5.32 Å². The highest BCUT2D eigenvalue weighted by Gasteiger charge is 2.02. The summed E-state index contributed by atoms with van der Waals surface area (Å²) in [4.78, 5) is 8.96. The fourth-order valence-electron chi connectivity index (χ4n) is 1.13. The SMILES string of the molecule is CCC(Br)CCNc1nccnc1C. The number of hydrogen-bond acceptors (Lipinski definition) is 3. The average molecular weight is 258 g/mol. The van der Waals surface area contributed by atoms with Gasteiger partial charge in [-0.05, 0) is 19.8 Å². The molecule has 1 N–H and O–H groups in total. The average Bonchev–Trinajstić information content (AvgIpc) is 2.20. The summed E-state index contributed by atoms with van der Waals surface area (Å²) in [6.45, 7) is 5.07. The zero-order valence-corrected chi connectivity index (χ0v) is 10.2. The first kappa shape index (κ1) is 11.4. The molecule has 0 radical (unpaired) electrons. The minimum Gasteiger partial charge on any atom is -0.369 e. The monoisotopic (exact) mass is 257 g/mol. The van der Waals surface area contributed by atoms with Crippen molar-refractivity contribution in [1.29, 1.82) is 0 Å². The summed E-state index contributed by atoms with van der Waals surface area (Å²) >= 11 is 3.59. The molecule has 78 valence electrons. The van der Waals surface area contributed by atoms with Crippen molar-refractivity contribution in [1.82, 2.24) is 9.97 Å². The predicted octanol–water partition coefficient (Wildman–Crippen LogP) is 2.76. The highest BCUT2D eigenvalue weighted by molar-refractivity contribution is 9.09. The quantitative estimate of drug-likeness (QED) is 0.825. The van der Waals surface area contributed by atoms with E-state index in [-0.39, 0.29) is 0 Å². The van der Waals surface area contributed by atoms with Crippen LogP contribution in [0.5, 0.6) is 0 Å². The van der Waals surface area contributed by atoms with Gasteiger partial charge in [0, 0.05) is 23.8 Å². The van der Waals surface area contributed by atoms with Gasteiger partial charge in [0.25, 0.3) is 0 Å². The lowest BCUT2D eigenvalue weighted by Crippen LogP contribution is -2.10. The molecule has 1 rings (SSSR count). The molecule has 0 aliphatic rings. The Labute approximate surface area is 93.5 Å². The summed E-state index contributed by atoms with van der Waals surface area (Å²) in [6, 6.07) is 0. The second kappa shape index (κ2) is 5.96. The third kappa shape index (κ3) is 3.62. The third-order valence-corrected chi connectivity index (χ3v) is 3.18. The van der Waals surface area contributed by atoms with Crippen molar-refractivity contribution in [2.45, 2.75) is 31.5 Å². The molecule has 1 heterocycles. The molecule has 3 nitrogen and oxygen atoms in total. The molecule has 0 saturated heterocycles. The highest BCUT2D eigenvalue weighted by atomic mass is 79.9. The van der Waals surface area contributed by atoms with E-state index < -0.39 is 0 Å². The third-order valence-electron chi connectivity index (χ3n) is 2.07. The summed E-state index contributed by atoms with van der Waals surface area (Å²) in [6.07, 6.45) is 5.67. The molecule has 4 heteroatoms. The maximum atomic E-state index is 4.21. The van der Waals surface area contributed by atoms with Crippen molar-refractivity contribution in [3.63, 3.8) is 0 Å². The van der Waals surface area contributed by atoms with Gasteiger partial charge in [0.2, 0.25) is 0 Å². The molecule has 0 bridgehead atoms. The van der Waals surface area contributed by atoms with Crippen LogP contribution in [0.2, 0.25) is 0 Å². The van der Waals surface area contributed by atoms with E-state index in [2.05, 4.69) is 38.1 Å². The number of alkyl halides is 1. The lowest BCUT2D eigenvalue weighted by molar-refractivity contribution is 0.772. The first-order valence-electron chi connectivity index (χ1n) is 4.89. The first-order valence-corrected chi connectivity index (χ1v) is 5.81. The largest absolute Gasteiger partial charge is 0.369 e. The van der Waals surface area contributed by atoms with Crippen LogP contribution in [0.1, 0.15) is 25.5 Å². The number of aryl methyl sites for hydroxylation is 1. The van der Waals surface area contributed by atoms with E-state index in [9.17, 15) is 0 Å². The predicted molar refractivity (Wildman–Crippen MR) is 62.9 cm³/mol. The summed E-state index contributed by atoms with van der Waals surface area (Å²) in [5.41, 5.74) is 0.954. The maximum absolute atomic E-state index is 4.21. The number of rotatable bonds is 5. The molecule has 0 saturated carbocycles. The van der Waals surface area contributed by atoms with E-state index in [0.717, 1.165) is 30.9 Å². The van der Waals surface area contributed by atoms with Crippen LogP contribution in [-0.2, 0) is 0 Å². The smallest absolute Gasteiger partial charge is 0.147 e. The molecule has 0 aliphatic heterocycles. The van der Waals surface area contributed by atoms with Crippen LogP contribution in [0.3, 0.4) is 0 Å². The van der Waals surface area contributed by atoms with Gasteiger partial charge in [-0.3, -0.25) is 4.98 Å². The van der Waals surface area contributed by atoms with E-state index in [4.69, 9.17) is 0 Å². The fraction of sp³-hybridized carbons (Fsp3) is 0.600. The van der Waals surface area contributed by atoms with Crippen LogP contribution in [0.4, 0.5) is 5.82 Å². The van der Waals surface area contributed by atoms with E-state index in [1.54, 1.807) is 12.4 Å². The van der Waals surface area contributed by atoms with Crippen molar-refractivity contribution in [2.75, 3.05) is 11.9 Å². The molecule has 1 aromatic heterocycles. The topological polar surface area (TPSA) is 37.8 Å². The molecule has 0 spiro atoms. The molecule has 0 aliphatic carbocycles. The molecular formula is C10H16BrN3. The maximum Gasteiger partial charge on any atom is 0.147 e. The zero-order valence-electron chi connectivity index (χ0n) is 8.63. The second-order valence-corrected chi connectivity index (χ2v) is 4.51. The molecular weight excluding hydrogens is 242 g/mol. The molecule has 0 aromatic carbocycles. The Hall–Kier alpha value is -0.640. The van der Waals surface area contributed by atoms with Gasteiger partial charge in [-0.2, -0.15) is 0 Å². The number of nitrogens with one attached hydrogen (secondary N) is 1. The highest BCUT2D eigenvalue weighted by Crippen LogP contribution is 2.11. The van der Waals surface area contributed by atoms with Gasteiger partial charge in [-0.1, -0.05) is 22.9 Å². The van der Waals surface area contributed by atoms with Gasteiger partial charge < -0.3 is 5.32 Å². The van der Waals surface area contributed by atoms with Gasteiger partial charge in [0.05, 0.1) is 5.69 Å². The van der Waals surface area contributed by atoms with Crippen LogP contribution in [0, 0.1) is 6.92 Å². The number of aromatic nitrogens is 2. The minimum atomic E-state index is 0.590.